The molecule has 0 unspecified atom stereocenters. The molecule has 0 aliphatic carbocycles. The second-order valence-corrected chi connectivity index (χ2v) is 7.61. The van der Waals surface area contributed by atoms with Crippen molar-refractivity contribution in [2.45, 2.75) is 19.3 Å². The maximum atomic E-state index is 12.6. The predicted molar refractivity (Wildman–Crippen MR) is 113 cm³/mol. The van der Waals surface area contributed by atoms with Gasteiger partial charge in [0, 0.05) is 32.6 Å². The Morgan fingerprint density at radius 1 is 1.00 bits per heavy atom. The van der Waals surface area contributed by atoms with E-state index in [-0.39, 0.29) is 17.7 Å². The minimum Gasteiger partial charge on any atom is -0.340 e. The van der Waals surface area contributed by atoms with E-state index < -0.39 is 0 Å². The molecule has 1 atom stereocenters. The van der Waals surface area contributed by atoms with Gasteiger partial charge in [0.1, 0.15) is 0 Å². The summed E-state index contributed by atoms with van der Waals surface area (Å²) in [5.74, 6) is 0.287. The van der Waals surface area contributed by atoms with E-state index >= 15 is 0 Å². The van der Waals surface area contributed by atoms with Crippen LogP contribution in [0.15, 0.2) is 54.6 Å². The van der Waals surface area contributed by atoms with Crippen LogP contribution in [0.25, 0.3) is 0 Å². The molecule has 0 aromatic heterocycles. The molecule has 2 aromatic carbocycles. The van der Waals surface area contributed by atoms with Crippen LogP contribution in [0.2, 0.25) is 5.02 Å². The van der Waals surface area contributed by atoms with Crippen LogP contribution in [0.1, 0.15) is 24.8 Å². The van der Waals surface area contributed by atoms with Crippen LogP contribution in [0.5, 0.6) is 0 Å². The van der Waals surface area contributed by atoms with E-state index in [0.717, 1.165) is 0 Å². The highest BCUT2D eigenvalue weighted by molar-refractivity contribution is 6.33. The summed E-state index contributed by atoms with van der Waals surface area (Å²) in [4.78, 5) is 28.8. The van der Waals surface area contributed by atoms with Gasteiger partial charge in [0.2, 0.25) is 11.8 Å². The van der Waals surface area contributed by atoms with Crippen LogP contribution in [0.4, 0.5) is 5.69 Å². The van der Waals surface area contributed by atoms with Crippen molar-refractivity contribution in [2.24, 2.45) is 0 Å². The van der Waals surface area contributed by atoms with E-state index in [9.17, 15) is 9.59 Å². The average molecular weight is 400 g/mol. The lowest BCUT2D eigenvalue weighted by Gasteiger charge is -2.34. The Labute approximate surface area is 171 Å². The largest absolute Gasteiger partial charge is 0.340 e. The van der Waals surface area contributed by atoms with Crippen molar-refractivity contribution >= 4 is 29.1 Å². The zero-order valence-corrected chi connectivity index (χ0v) is 16.9. The Morgan fingerprint density at radius 3 is 2.32 bits per heavy atom. The third-order valence-electron chi connectivity index (χ3n) is 5.09. The number of halogens is 1. The van der Waals surface area contributed by atoms with E-state index in [2.05, 4.69) is 29.3 Å². The number of carbonyl (C=O) groups is 2. The molecular formula is C22H26ClN3O2. The molecule has 1 N–H and O–H groups in total. The molecule has 2 aromatic rings. The number of rotatable bonds is 6. The van der Waals surface area contributed by atoms with Gasteiger partial charge in [-0.05, 0) is 23.6 Å². The van der Waals surface area contributed by atoms with Gasteiger partial charge in [0.15, 0.2) is 0 Å². The Morgan fingerprint density at radius 2 is 1.64 bits per heavy atom. The number of para-hydroxylation sites is 1. The van der Waals surface area contributed by atoms with Gasteiger partial charge in [0.05, 0.1) is 17.3 Å². The third kappa shape index (κ3) is 5.57. The van der Waals surface area contributed by atoms with Gasteiger partial charge < -0.3 is 10.2 Å². The molecule has 1 aliphatic heterocycles. The fourth-order valence-corrected chi connectivity index (χ4v) is 3.58. The van der Waals surface area contributed by atoms with E-state index in [1.807, 2.05) is 35.2 Å². The molecule has 1 saturated heterocycles. The summed E-state index contributed by atoms with van der Waals surface area (Å²) in [5.41, 5.74) is 1.81. The molecule has 0 spiro atoms. The number of amides is 2. The first kappa shape index (κ1) is 20.4. The van der Waals surface area contributed by atoms with Crippen molar-refractivity contribution in [2.75, 3.05) is 38.0 Å². The van der Waals surface area contributed by atoms with Gasteiger partial charge in [0.25, 0.3) is 0 Å². The monoisotopic (exact) mass is 399 g/mol. The van der Waals surface area contributed by atoms with Crippen molar-refractivity contribution in [3.8, 4) is 0 Å². The van der Waals surface area contributed by atoms with Gasteiger partial charge in [-0.25, -0.2) is 0 Å². The maximum Gasteiger partial charge on any atom is 0.238 e. The number of piperazine rings is 1. The first-order valence-electron chi connectivity index (χ1n) is 9.62. The van der Waals surface area contributed by atoms with Crippen LogP contribution in [0, 0.1) is 0 Å². The number of nitrogens with one attached hydrogen (secondary N) is 1. The standard InChI is InChI=1S/C22H26ClN3O2/c1-17(18-7-3-2-4-8-18)15-22(28)26-13-11-25(12-14-26)16-21(27)24-20-10-6-5-9-19(20)23/h2-10,17H,11-16H2,1H3,(H,24,27)/t17-/m1/s1. The lowest BCUT2D eigenvalue weighted by Crippen LogP contribution is -2.50. The number of hydrogen-bond acceptors (Lipinski definition) is 3. The summed E-state index contributed by atoms with van der Waals surface area (Å²) in [6.45, 7) is 5.08. The Kier molecular flexibility index (Phi) is 7.06. The van der Waals surface area contributed by atoms with Gasteiger partial charge in [-0.2, -0.15) is 0 Å². The highest BCUT2D eigenvalue weighted by Gasteiger charge is 2.24. The van der Waals surface area contributed by atoms with Crippen molar-refractivity contribution in [1.82, 2.24) is 9.80 Å². The Balaban J connectivity index is 1.43. The molecule has 1 heterocycles. The molecule has 1 aliphatic rings. The predicted octanol–water partition coefficient (Wildman–Crippen LogP) is 3.62. The zero-order valence-electron chi connectivity index (χ0n) is 16.1. The Hall–Kier alpha value is -2.37. The summed E-state index contributed by atoms with van der Waals surface area (Å²) in [7, 11) is 0. The van der Waals surface area contributed by atoms with Crippen molar-refractivity contribution < 1.29 is 9.59 Å². The van der Waals surface area contributed by atoms with Crippen LogP contribution < -0.4 is 5.32 Å². The minimum atomic E-state index is -0.0921. The first-order valence-corrected chi connectivity index (χ1v) is 10.00. The van der Waals surface area contributed by atoms with Gasteiger partial charge in [-0.1, -0.05) is 61.0 Å². The minimum absolute atomic E-state index is 0.0921. The fraction of sp³-hybridized carbons (Fsp3) is 0.364. The summed E-state index contributed by atoms with van der Waals surface area (Å²) < 4.78 is 0. The Bertz CT molecular complexity index is 804. The molecular weight excluding hydrogens is 374 g/mol. The summed E-state index contributed by atoms with van der Waals surface area (Å²) in [6, 6.07) is 17.3. The second kappa shape index (κ2) is 9.71. The molecule has 5 nitrogen and oxygen atoms in total. The SMILES string of the molecule is C[C@H](CC(=O)N1CCN(CC(=O)Nc2ccccc2Cl)CC1)c1ccccc1. The van der Waals surface area contributed by atoms with Crippen LogP contribution in [0.3, 0.4) is 0 Å². The molecule has 28 heavy (non-hydrogen) atoms. The smallest absolute Gasteiger partial charge is 0.238 e. The van der Waals surface area contributed by atoms with Gasteiger partial charge >= 0.3 is 0 Å². The van der Waals surface area contributed by atoms with Crippen molar-refractivity contribution in [3.63, 3.8) is 0 Å². The van der Waals surface area contributed by atoms with Crippen molar-refractivity contribution in [3.05, 3.63) is 65.2 Å². The molecule has 0 radical (unpaired) electrons. The number of benzene rings is 2. The summed E-state index contributed by atoms with van der Waals surface area (Å²) in [5, 5.41) is 3.37. The van der Waals surface area contributed by atoms with Gasteiger partial charge in [-0.3, -0.25) is 14.5 Å². The molecule has 0 saturated carbocycles. The van der Waals surface area contributed by atoms with Gasteiger partial charge in [-0.15, -0.1) is 0 Å². The van der Waals surface area contributed by atoms with Crippen LogP contribution in [-0.4, -0.2) is 54.3 Å². The van der Waals surface area contributed by atoms with E-state index in [0.29, 0.717) is 49.9 Å². The topological polar surface area (TPSA) is 52.7 Å². The molecule has 3 rings (SSSR count). The van der Waals surface area contributed by atoms with E-state index in [4.69, 9.17) is 11.6 Å². The third-order valence-corrected chi connectivity index (χ3v) is 5.42. The van der Waals surface area contributed by atoms with Crippen LogP contribution >= 0.6 is 11.6 Å². The molecule has 6 heteroatoms. The zero-order chi connectivity index (χ0) is 19.9. The maximum absolute atomic E-state index is 12.6. The number of nitrogens with zero attached hydrogens (tertiary/aromatic N) is 2. The lowest BCUT2D eigenvalue weighted by atomic mass is 9.97. The normalized spacial score (nSPS) is 15.9. The van der Waals surface area contributed by atoms with E-state index in [1.54, 1.807) is 12.1 Å². The number of hydrogen-bond donors (Lipinski definition) is 1. The lowest BCUT2D eigenvalue weighted by molar-refractivity contribution is -0.133. The molecule has 1 fully saturated rings. The molecule has 2 amide bonds. The average Bonchev–Trinajstić information content (AvgIpc) is 2.71. The highest BCUT2D eigenvalue weighted by Crippen LogP contribution is 2.21. The molecule has 148 valence electrons. The molecule has 0 bridgehead atoms. The van der Waals surface area contributed by atoms with Crippen LogP contribution in [-0.2, 0) is 9.59 Å². The summed E-state index contributed by atoms with van der Waals surface area (Å²) >= 11 is 6.08. The van der Waals surface area contributed by atoms with Crippen molar-refractivity contribution in [1.29, 1.82) is 0 Å². The summed E-state index contributed by atoms with van der Waals surface area (Å²) in [6.07, 6.45) is 0.511. The fourth-order valence-electron chi connectivity index (χ4n) is 3.40. The van der Waals surface area contributed by atoms with E-state index in [1.165, 1.54) is 5.56 Å². The number of anilines is 1. The highest BCUT2D eigenvalue weighted by atomic mass is 35.5. The quantitative estimate of drug-likeness (QED) is 0.807. The second-order valence-electron chi connectivity index (χ2n) is 7.20. The first-order chi connectivity index (χ1) is 13.5. The number of carbonyl (C=O) groups excluding carboxylic acids is 2.